The molecule has 144 valence electrons. The van der Waals surface area contributed by atoms with E-state index in [4.69, 9.17) is 0 Å². The normalized spacial score (nSPS) is 26.0. The number of aryl methyl sites for hydroxylation is 1. The molecule has 0 aliphatic heterocycles. The topological polar surface area (TPSA) is 74.6 Å². The van der Waals surface area contributed by atoms with E-state index in [0.29, 0.717) is 23.8 Å². The van der Waals surface area contributed by atoms with Crippen molar-refractivity contribution < 1.29 is 19.8 Å². The number of carbonyl (C=O) groups excluding carboxylic acids is 2. The number of benzene rings is 1. The Labute approximate surface area is 160 Å². The van der Waals surface area contributed by atoms with Crippen LogP contribution < -0.4 is 0 Å². The van der Waals surface area contributed by atoms with Gasteiger partial charge in [0, 0.05) is 16.9 Å². The van der Waals surface area contributed by atoms with Crippen LogP contribution in [-0.4, -0.2) is 22.3 Å². The molecule has 0 saturated heterocycles. The highest BCUT2D eigenvalue weighted by Crippen LogP contribution is 2.42. The Bertz CT molecular complexity index is 844. The molecular weight excluding hydrogens is 340 g/mol. The molecule has 0 heterocycles. The maximum Gasteiger partial charge on any atom is 0.159 e. The molecule has 0 amide bonds. The van der Waals surface area contributed by atoms with Gasteiger partial charge in [0.1, 0.15) is 11.5 Å². The Morgan fingerprint density at radius 2 is 1.96 bits per heavy atom. The van der Waals surface area contributed by atoms with Gasteiger partial charge < -0.3 is 10.2 Å². The predicted molar refractivity (Wildman–Crippen MR) is 107 cm³/mol. The van der Waals surface area contributed by atoms with Crippen molar-refractivity contribution in [3.05, 3.63) is 58.7 Å². The van der Waals surface area contributed by atoms with E-state index in [1.54, 1.807) is 13.0 Å². The van der Waals surface area contributed by atoms with Gasteiger partial charge >= 0.3 is 0 Å². The number of aldehydes is 1. The number of hydrogen-bond donors (Lipinski definition) is 2. The molecule has 4 heteroatoms. The fourth-order valence-electron chi connectivity index (χ4n) is 3.42. The van der Waals surface area contributed by atoms with Crippen molar-refractivity contribution in [1.82, 2.24) is 0 Å². The molecule has 1 aliphatic carbocycles. The van der Waals surface area contributed by atoms with Crippen molar-refractivity contribution in [2.24, 2.45) is 17.3 Å². The zero-order valence-corrected chi connectivity index (χ0v) is 16.6. The van der Waals surface area contributed by atoms with Gasteiger partial charge in [-0.2, -0.15) is 0 Å². The molecule has 0 fully saturated rings. The van der Waals surface area contributed by atoms with Crippen molar-refractivity contribution in [1.29, 1.82) is 0 Å². The zero-order valence-electron chi connectivity index (χ0n) is 16.6. The molecule has 0 bridgehead atoms. The van der Waals surface area contributed by atoms with Crippen LogP contribution in [-0.2, 0) is 11.2 Å². The van der Waals surface area contributed by atoms with Crippen LogP contribution in [0, 0.1) is 24.2 Å². The highest BCUT2D eigenvalue weighted by molar-refractivity contribution is 5.93. The number of phenolic OH excluding ortho intramolecular Hbond substituents is 2. The number of allylic oxidation sites excluding steroid dienone is 6. The summed E-state index contributed by atoms with van der Waals surface area (Å²) in [5, 5.41) is 20.4. The summed E-state index contributed by atoms with van der Waals surface area (Å²) in [6, 6.07) is 1.49. The Hall–Kier alpha value is -2.62. The lowest BCUT2D eigenvalue weighted by molar-refractivity contribution is -0.121. The second-order valence-corrected chi connectivity index (χ2v) is 7.69. The fourth-order valence-corrected chi connectivity index (χ4v) is 3.42. The average molecular weight is 368 g/mol. The largest absolute Gasteiger partial charge is 0.508 e. The van der Waals surface area contributed by atoms with Gasteiger partial charge in [0.15, 0.2) is 12.1 Å². The lowest BCUT2D eigenvalue weighted by Crippen LogP contribution is -2.37. The van der Waals surface area contributed by atoms with Crippen LogP contribution >= 0.6 is 0 Å². The number of aromatic hydroxyl groups is 2. The minimum Gasteiger partial charge on any atom is -0.508 e. The maximum absolute atomic E-state index is 12.1. The van der Waals surface area contributed by atoms with Gasteiger partial charge in [-0.1, -0.05) is 50.6 Å². The smallest absolute Gasteiger partial charge is 0.159 e. The Morgan fingerprint density at radius 3 is 2.59 bits per heavy atom. The van der Waals surface area contributed by atoms with E-state index in [1.807, 2.05) is 32.1 Å². The van der Waals surface area contributed by atoms with Gasteiger partial charge in [-0.3, -0.25) is 9.59 Å². The van der Waals surface area contributed by atoms with E-state index in [2.05, 4.69) is 19.9 Å². The van der Waals surface area contributed by atoms with Gasteiger partial charge in [-0.25, -0.2) is 0 Å². The third kappa shape index (κ3) is 4.05. The second kappa shape index (κ2) is 7.95. The van der Waals surface area contributed by atoms with Gasteiger partial charge in [-0.05, 0) is 43.9 Å². The third-order valence-electron chi connectivity index (χ3n) is 5.97. The number of phenols is 2. The van der Waals surface area contributed by atoms with Crippen LogP contribution in [0.25, 0.3) is 0 Å². The van der Waals surface area contributed by atoms with Crippen LogP contribution in [0.15, 0.2) is 42.0 Å². The summed E-state index contributed by atoms with van der Waals surface area (Å²) in [6.45, 7) is 9.74. The molecule has 1 aliphatic rings. The van der Waals surface area contributed by atoms with Crippen molar-refractivity contribution in [3.63, 3.8) is 0 Å². The first-order valence-corrected chi connectivity index (χ1v) is 9.19. The second-order valence-electron chi connectivity index (χ2n) is 7.69. The molecule has 0 aromatic heterocycles. The Balaban J connectivity index is 2.25. The Morgan fingerprint density at radius 1 is 1.30 bits per heavy atom. The summed E-state index contributed by atoms with van der Waals surface area (Å²) in [5.74, 6) is 0.0860. The van der Waals surface area contributed by atoms with Gasteiger partial charge in [0.25, 0.3) is 0 Å². The van der Waals surface area contributed by atoms with Gasteiger partial charge in [-0.15, -0.1) is 0 Å². The fraction of sp³-hybridized carbons (Fsp3) is 0.391. The highest BCUT2D eigenvalue weighted by atomic mass is 16.3. The summed E-state index contributed by atoms with van der Waals surface area (Å²) in [7, 11) is 0. The number of carbonyl (C=O) groups is 2. The summed E-state index contributed by atoms with van der Waals surface area (Å²) in [6.07, 6.45) is 10.4. The van der Waals surface area contributed by atoms with E-state index in [1.165, 1.54) is 6.07 Å². The van der Waals surface area contributed by atoms with E-state index < -0.39 is 0 Å². The molecule has 2 N–H and O–H groups in total. The number of hydrogen-bond acceptors (Lipinski definition) is 4. The van der Waals surface area contributed by atoms with Crippen LogP contribution in [0.2, 0.25) is 0 Å². The van der Waals surface area contributed by atoms with Crippen molar-refractivity contribution in [3.8, 4) is 11.5 Å². The predicted octanol–water partition coefficient (Wildman–Crippen LogP) is 4.68. The SMILES string of the molecule is CC(/C=C/[C@@]1(C)[C@H](C)C(=O)C=C[C@@H]1C)=C\Cc1c(O)cc(C)c(C=O)c1O. The molecule has 3 atom stereocenters. The molecule has 1 aromatic rings. The van der Waals surface area contributed by atoms with E-state index in [9.17, 15) is 19.8 Å². The van der Waals surface area contributed by atoms with E-state index in [0.717, 1.165) is 5.57 Å². The van der Waals surface area contributed by atoms with Crippen LogP contribution in [0.3, 0.4) is 0 Å². The summed E-state index contributed by atoms with van der Waals surface area (Å²) in [4.78, 5) is 23.2. The quantitative estimate of drug-likeness (QED) is 0.584. The summed E-state index contributed by atoms with van der Waals surface area (Å²) >= 11 is 0. The average Bonchev–Trinajstić information content (AvgIpc) is 2.61. The lowest BCUT2D eigenvalue weighted by Gasteiger charge is -2.38. The van der Waals surface area contributed by atoms with Crippen molar-refractivity contribution in [2.75, 3.05) is 0 Å². The van der Waals surface area contributed by atoms with E-state index >= 15 is 0 Å². The molecular formula is C23H28O4. The molecule has 1 aromatic carbocycles. The molecule has 2 rings (SSSR count). The maximum atomic E-state index is 12.1. The first-order valence-electron chi connectivity index (χ1n) is 9.19. The lowest BCUT2D eigenvalue weighted by atomic mass is 9.64. The summed E-state index contributed by atoms with van der Waals surface area (Å²) < 4.78 is 0. The number of rotatable bonds is 5. The Kier molecular flexibility index (Phi) is 6.09. The highest BCUT2D eigenvalue weighted by Gasteiger charge is 2.39. The third-order valence-corrected chi connectivity index (χ3v) is 5.97. The molecule has 0 unspecified atom stereocenters. The van der Waals surface area contributed by atoms with Crippen molar-refractivity contribution >= 4 is 12.1 Å². The van der Waals surface area contributed by atoms with Gasteiger partial charge in [0.05, 0.1) is 5.56 Å². The molecule has 4 nitrogen and oxygen atoms in total. The van der Waals surface area contributed by atoms with Crippen LogP contribution in [0.4, 0.5) is 0 Å². The zero-order chi connectivity index (χ0) is 20.4. The summed E-state index contributed by atoms with van der Waals surface area (Å²) in [5.41, 5.74) is 1.76. The first-order chi connectivity index (χ1) is 12.6. The standard InChI is InChI=1S/C23H28O4/c1-14(10-11-23(5)16(3)7-9-20(25)17(23)4)6-8-18-21(26)12-15(2)19(13-24)22(18)27/h6-7,9-13,16-17,26-27H,8H2,1-5H3/b11-10+,14-6+/t16-,17+,23+/m0/s1. The van der Waals surface area contributed by atoms with Gasteiger partial charge in [0.2, 0.25) is 0 Å². The molecule has 27 heavy (non-hydrogen) atoms. The first kappa shape index (κ1) is 20.7. The number of ketones is 1. The minimum absolute atomic E-state index is 0.0270. The van der Waals surface area contributed by atoms with E-state index in [-0.39, 0.29) is 40.1 Å². The monoisotopic (exact) mass is 368 g/mol. The van der Waals surface area contributed by atoms with Crippen LogP contribution in [0.1, 0.15) is 49.2 Å². The molecule has 0 radical (unpaired) electrons. The van der Waals surface area contributed by atoms with Crippen LogP contribution in [0.5, 0.6) is 11.5 Å². The molecule has 0 saturated carbocycles. The minimum atomic E-state index is -0.264. The van der Waals surface area contributed by atoms with Crippen molar-refractivity contribution in [2.45, 2.75) is 41.0 Å². The molecule has 0 spiro atoms.